The number of ether oxygens (including phenoxy) is 1. The molecule has 0 aliphatic heterocycles. The Kier molecular flexibility index (Phi) is 6.05. The number of halogens is 2. The van der Waals surface area contributed by atoms with E-state index >= 15 is 0 Å². The molecule has 0 spiro atoms. The summed E-state index contributed by atoms with van der Waals surface area (Å²) in [5.41, 5.74) is 2.14. The van der Waals surface area contributed by atoms with Gasteiger partial charge >= 0.3 is 0 Å². The van der Waals surface area contributed by atoms with Crippen molar-refractivity contribution in [2.45, 2.75) is 12.7 Å². The van der Waals surface area contributed by atoms with Gasteiger partial charge in [-0.15, -0.1) is 0 Å². The maximum Gasteiger partial charge on any atom is 0.0964 e. The first-order valence-electron chi connectivity index (χ1n) is 6.46. The Balaban J connectivity index is 2.11. The highest BCUT2D eigenvalue weighted by molar-refractivity contribution is 9.10. The summed E-state index contributed by atoms with van der Waals surface area (Å²) in [6.45, 7) is 1.24. The van der Waals surface area contributed by atoms with Gasteiger partial charge in [-0.1, -0.05) is 63.9 Å². The van der Waals surface area contributed by atoms with E-state index in [-0.39, 0.29) is 6.10 Å². The maximum absolute atomic E-state index is 6.16. The Hall–Kier alpha value is -0.870. The molecule has 106 valence electrons. The molecule has 4 heteroatoms. The van der Waals surface area contributed by atoms with E-state index in [0.717, 1.165) is 27.2 Å². The first kappa shape index (κ1) is 15.5. The van der Waals surface area contributed by atoms with Crippen LogP contribution in [0.15, 0.2) is 53.0 Å². The molecule has 0 aromatic heterocycles. The highest BCUT2D eigenvalue weighted by Gasteiger charge is 2.14. The predicted octanol–water partition coefficient (Wildman–Crippen LogP) is 4.58. The van der Waals surface area contributed by atoms with Crippen LogP contribution in [0.3, 0.4) is 0 Å². The van der Waals surface area contributed by atoms with Gasteiger partial charge in [0.25, 0.3) is 0 Å². The molecule has 0 saturated heterocycles. The highest BCUT2D eigenvalue weighted by Crippen LogP contribution is 2.27. The smallest absolute Gasteiger partial charge is 0.0964 e. The third-order valence-corrected chi connectivity index (χ3v) is 4.13. The molecule has 2 nitrogen and oxygen atoms in total. The Morgan fingerprint density at radius 2 is 1.85 bits per heavy atom. The number of hydrogen-bond acceptors (Lipinski definition) is 2. The highest BCUT2D eigenvalue weighted by atomic mass is 79.9. The fourth-order valence-electron chi connectivity index (χ4n) is 1.99. The van der Waals surface area contributed by atoms with Gasteiger partial charge in [-0.3, -0.25) is 0 Å². The van der Waals surface area contributed by atoms with Gasteiger partial charge in [0.2, 0.25) is 0 Å². The van der Waals surface area contributed by atoms with Crippen molar-refractivity contribution in [3.63, 3.8) is 0 Å². The molecule has 2 aromatic carbocycles. The quantitative estimate of drug-likeness (QED) is 0.820. The molecule has 0 saturated carbocycles. The first-order valence-corrected chi connectivity index (χ1v) is 7.63. The van der Waals surface area contributed by atoms with Crippen LogP contribution < -0.4 is 5.32 Å². The van der Waals surface area contributed by atoms with Crippen LogP contribution >= 0.6 is 27.5 Å². The van der Waals surface area contributed by atoms with Crippen LogP contribution in [-0.4, -0.2) is 13.6 Å². The zero-order valence-electron chi connectivity index (χ0n) is 11.3. The predicted molar refractivity (Wildman–Crippen MR) is 87.1 cm³/mol. The molecule has 0 aliphatic carbocycles. The molecule has 1 unspecified atom stereocenters. The fraction of sp³-hybridized carbons (Fsp3) is 0.250. The second-order valence-electron chi connectivity index (χ2n) is 4.47. The van der Waals surface area contributed by atoms with Crippen molar-refractivity contribution >= 4 is 27.5 Å². The van der Waals surface area contributed by atoms with Crippen LogP contribution in [0.1, 0.15) is 17.2 Å². The lowest BCUT2D eigenvalue weighted by Crippen LogP contribution is -2.20. The van der Waals surface area contributed by atoms with E-state index in [1.807, 2.05) is 49.5 Å². The third-order valence-electron chi connectivity index (χ3n) is 3.04. The van der Waals surface area contributed by atoms with E-state index in [1.54, 1.807) is 0 Å². The van der Waals surface area contributed by atoms with Gasteiger partial charge in [-0.2, -0.15) is 0 Å². The second-order valence-corrected chi connectivity index (χ2v) is 5.73. The van der Waals surface area contributed by atoms with E-state index < -0.39 is 0 Å². The van der Waals surface area contributed by atoms with Gasteiger partial charge in [0.1, 0.15) is 0 Å². The Labute approximate surface area is 133 Å². The lowest BCUT2D eigenvalue weighted by Gasteiger charge is -2.19. The summed E-state index contributed by atoms with van der Waals surface area (Å²) in [7, 11) is 1.92. The van der Waals surface area contributed by atoms with Crippen molar-refractivity contribution in [1.29, 1.82) is 0 Å². The van der Waals surface area contributed by atoms with Crippen LogP contribution in [0.2, 0.25) is 5.02 Å². The van der Waals surface area contributed by atoms with Crippen LogP contribution in [-0.2, 0) is 11.3 Å². The average molecular weight is 355 g/mol. The number of hydrogen-bond donors (Lipinski definition) is 1. The monoisotopic (exact) mass is 353 g/mol. The Bertz CT molecular complexity index is 562. The topological polar surface area (TPSA) is 21.3 Å². The summed E-state index contributed by atoms with van der Waals surface area (Å²) < 4.78 is 7.09. The summed E-state index contributed by atoms with van der Waals surface area (Å²) in [6, 6.07) is 15.9. The van der Waals surface area contributed by atoms with E-state index in [2.05, 4.69) is 27.3 Å². The molecular formula is C16H17BrClNO. The van der Waals surface area contributed by atoms with Crippen LogP contribution in [0.4, 0.5) is 0 Å². The SMILES string of the molecule is CNCC(OCc1ccccc1Cl)c1ccccc1Br. The molecule has 0 bridgehead atoms. The molecule has 2 rings (SSSR count). The van der Waals surface area contributed by atoms with E-state index in [4.69, 9.17) is 16.3 Å². The lowest BCUT2D eigenvalue weighted by atomic mass is 10.1. The van der Waals surface area contributed by atoms with Crippen molar-refractivity contribution in [3.8, 4) is 0 Å². The van der Waals surface area contributed by atoms with Gasteiger partial charge in [0, 0.05) is 16.0 Å². The number of likely N-dealkylation sites (N-methyl/N-ethyl adjacent to an activating group) is 1. The standard InChI is InChI=1S/C16H17BrClNO/c1-19-10-16(13-7-3-4-8-14(13)17)20-11-12-6-2-5-9-15(12)18/h2-9,16,19H,10-11H2,1H3. The first-order chi connectivity index (χ1) is 9.72. The lowest BCUT2D eigenvalue weighted by molar-refractivity contribution is 0.0406. The summed E-state index contributed by atoms with van der Waals surface area (Å²) in [5, 5.41) is 3.90. The van der Waals surface area contributed by atoms with Crippen LogP contribution in [0.5, 0.6) is 0 Å². The summed E-state index contributed by atoms with van der Waals surface area (Å²) in [4.78, 5) is 0. The normalized spacial score (nSPS) is 12.3. The molecule has 20 heavy (non-hydrogen) atoms. The van der Waals surface area contributed by atoms with Gasteiger partial charge in [0.05, 0.1) is 12.7 Å². The average Bonchev–Trinajstić information content (AvgIpc) is 2.46. The van der Waals surface area contributed by atoms with Gasteiger partial charge in [-0.05, 0) is 30.3 Å². The van der Waals surface area contributed by atoms with Crippen molar-refractivity contribution in [2.75, 3.05) is 13.6 Å². The van der Waals surface area contributed by atoms with Crippen molar-refractivity contribution < 1.29 is 4.74 Å². The van der Waals surface area contributed by atoms with E-state index in [9.17, 15) is 0 Å². The maximum atomic E-state index is 6.16. The summed E-state index contributed by atoms with van der Waals surface area (Å²) in [6.07, 6.45) is -0.0214. The third kappa shape index (κ3) is 4.06. The number of benzene rings is 2. The van der Waals surface area contributed by atoms with Gasteiger partial charge in [-0.25, -0.2) is 0 Å². The minimum Gasteiger partial charge on any atom is -0.367 e. The van der Waals surface area contributed by atoms with Gasteiger partial charge in [0.15, 0.2) is 0 Å². The minimum absolute atomic E-state index is 0.0214. The molecule has 0 fully saturated rings. The number of nitrogens with one attached hydrogen (secondary N) is 1. The summed E-state index contributed by atoms with van der Waals surface area (Å²) in [5.74, 6) is 0. The zero-order valence-corrected chi connectivity index (χ0v) is 13.6. The molecule has 0 heterocycles. The van der Waals surface area contributed by atoms with Crippen molar-refractivity contribution in [3.05, 3.63) is 69.2 Å². The fourth-order valence-corrected chi connectivity index (χ4v) is 2.72. The van der Waals surface area contributed by atoms with Crippen LogP contribution in [0.25, 0.3) is 0 Å². The van der Waals surface area contributed by atoms with Gasteiger partial charge < -0.3 is 10.1 Å². The molecular weight excluding hydrogens is 338 g/mol. The Morgan fingerprint density at radius 3 is 2.55 bits per heavy atom. The molecule has 2 aromatic rings. The summed E-state index contributed by atoms with van der Waals surface area (Å²) >= 11 is 9.73. The largest absolute Gasteiger partial charge is 0.367 e. The van der Waals surface area contributed by atoms with Crippen molar-refractivity contribution in [2.24, 2.45) is 0 Å². The van der Waals surface area contributed by atoms with E-state index in [1.165, 1.54) is 0 Å². The molecule has 1 atom stereocenters. The Morgan fingerprint density at radius 1 is 1.15 bits per heavy atom. The van der Waals surface area contributed by atoms with Crippen molar-refractivity contribution in [1.82, 2.24) is 5.32 Å². The molecule has 0 amide bonds. The zero-order chi connectivity index (χ0) is 14.4. The van der Waals surface area contributed by atoms with E-state index in [0.29, 0.717) is 6.61 Å². The molecule has 1 N–H and O–H groups in total. The number of rotatable bonds is 6. The minimum atomic E-state index is -0.0214. The molecule has 0 aliphatic rings. The van der Waals surface area contributed by atoms with Crippen LogP contribution in [0, 0.1) is 0 Å². The molecule has 0 radical (unpaired) electrons. The second kappa shape index (κ2) is 7.79.